The van der Waals surface area contributed by atoms with Crippen LogP contribution in [0.25, 0.3) is 34.2 Å². The number of benzene rings is 3. The van der Waals surface area contributed by atoms with Gasteiger partial charge in [0.15, 0.2) is 5.82 Å². The number of rotatable bonds is 6. The van der Waals surface area contributed by atoms with Gasteiger partial charge in [-0.15, -0.1) is 0 Å². The summed E-state index contributed by atoms with van der Waals surface area (Å²) in [6.45, 7) is 2.06. The monoisotopic (exact) mass is 486 g/mol. The number of aromatic amines is 2. The Hall–Kier alpha value is -4.23. The highest BCUT2D eigenvalue weighted by Crippen LogP contribution is 2.38. The van der Waals surface area contributed by atoms with Crippen molar-refractivity contribution in [3.63, 3.8) is 0 Å². The Morgan fingerprint density at radius 3 is 2.57 bits per heavy atom. The van der Waals surface area contributed by atoms with Crippen LogP contribution in [-0.2, 0) is 0 Å². The van der Waals surface area contributed by atoms with Crippen molar-refractivity contribution in [3.05, 3.63) is 116 Å². The van der Waals surface area contributed by atoms with Crippen molar-refractivity contribution in [2.24, 2.45) is 0 Å². The molecule has 0 fully saturated rings. The zero-order valence-electron chi connectivity index (χ0n) is 18.7. The molecule has 35 heavy (non-hydrogen) atoms. The zero-order valence-corrected chi connectivity index (χ0v) is 19.4. The lowest BCUT2D eigenvalue weighted by molar-refractivity contribution is 0.385. The summed E-state index contributed by atoms with van der Waals surface area (Å²) in [7, 11) is 0. The van der Waals surface area contributed by atoms with E-state index < -0.39 is 5.76 Å². The number of hydrogen-bond donors (Lipinski definition) is 2. The van der Waals surface area contributed by atoms with Gasteiger partial charge >= 0.3 is 5.76 Å². The minimum atomic E-state index is -0.601. The first-order valence-electron chi connectivity index (χ1n) is 11.0. The van der Waals surface area contributed by atoms with Crippen molar-refractivity contribution < 1.29 is 8.91 Å². The molecule has 6 nitrogen and oxygen atoms in total. The van der Waals surface area contributed by atoms with Crippen molar-refractivity contribution in [1.82, 2.24) is 20.3 Å². The molecule has 0 amide bonds. The number of allylic oxidation sites excluding steroid dienone is 1. The second-order valence-corrected chi connectivity index (χ2v) is 8.35. The predicted octanol–water partition coefficient (Wildman–Crippen LogP) is 6.57. The lowest BCUT2D eigenvalue weighted by atomic mass is 9.87. The summed E-state index contributed by atoms with van der Waals surface area (Å²) < 4.78 is 18.3. The predicted molar refractivity (Wildman–Crippen MR) is 136 cm³/mol. The lowest BCUT2D eigenvalue weighted by Gasteiger charge is -2.18. The van der Waals surface area contributed by atoms with Crippen molar-refractivity contribution in [3.8, 4) is 0 Å². The van der Waals surface area contributed by atoms with Gasteiger partial charge in [-0.05, 0) is 70.2 Å². The largest absolute Gasteiger partial charge is 0.439 e. The molecule has 2 aromatic heterocycles. The molecule has 0 unspecified atom stereocenters. The fourth-order valence-electron chi connectivity index (χ4n) is 4.10. The van der Waals surface area contributed by atoms with E-state index >= 15 is 0 Å². The molecule has 5 aromatic rings. The molecule has 0 bridgehead atoms. The van der Waals surface area contributed by atoms with Crippen LogP contribution in [0.15, 0.2) is 76.2 Å². The summed E-state index contributed by atoms with van der Waals surface area (Å²) in [5.41, 5.74) is 6.63. The number of halogens is 2. The molecule has 0 aliphatic carbocycles. The Bertz CT molecular complexity index is 1630. The van der Waals surface area contributed by atoms with E-state index in [9.17, 15) is 9.18 Å². The maximum Gasteiger partial charge on any atom is 0.439 e. The first-order chi connectivity index (χ1) is 17.0. The number of hydrogen-bond acceptors (Lipinski definition) is 4. The molecule has 3 aromatic carbocycles. The number of nitrogens with one attached hydrogen (secondary N) is 2. The Kier molecular flexibility index (Phi) is 6.16. The van der Waals surface area contributed by atoms with Crippen LogP contribution in [0, 0.1) is 5.82 Å². The van der Waals surface area contributed by atoms with Crippen LogP contribution in [0.1, 0.15) is 41.4 Å². The van der Waals surface area contributed by atoms with E-state index in [1.807, 2.05) is 42.5 Å². The van der Waals surface area contributed by atoms with E-state index in [1.54, 1.807) is 18.3 Å². The van der Waals surface area contributed by atoms with Crippen LogP contribution in [0.5, 0.6) is 0 Å². The minimum Gasteiger partial charge on any atom is -0.296 e. The summed E-state index contributed by atoms with van der Waals surface area (Å²) in [6, 6.07) is 18.6. The molecule has 8 heteroatoms. The smallest absolute Gasteiger partial charge is 0.296 e. The summed E-state index contributed by atoms with van der Waals surface area (Å²) in [5, 5.41) is 12.1. The number of H-pyrrole nitrogens is 2. The van der Waals surface area contributed by atoms with Gasteiger partial charge in [0.05, 0.1) is 16.7 Å². The van der Waals surface area contributed by atoms with E-state index in [0.717, 1.165) is 44.3 Å². The molecule has 5 rings (SSSR count). The molecule has 174 valence electrons. The molecule has 2 heterocycles. The maximum atomic E-state index is 13.8. The van der Waals surface area contributed by atoms with Crippen molar-refractivity contribution in [2.45, 2.75) is 13.3 Å². The standard InChI is InChI=1S/C27H20ClFN4O2/c1-2-21(22-10-9-20(29)14-23(22)28)26(18-8-11-24-19(13-18)15-30-32-24)17-6-3-16(4-7-17)5-12-25-31-27(34)35-33-25/h3-15H,2H2,1H3,(H,30,32)(H,31,33,34)/b12-5+,26-21+. The molecule has 0 saturated carbocycles. The van der Waals surface area contributed by atoms with Crippen LogP contribution in [0.4, 0.5) is 4.39 Å². The summed E-state index contributed by atoms with van der Waals surface area (Å²) in [6.07, 6.45) is 5.97. The van der Waals surface area contributed by atoms with E-state index in [0.29, 0.717) is 17.3 Å². The SMILES string of the molecule is CC/C(=C(/c1ccc(/C=C/c2noc(=O)[nH]2)cc1)c1ccc2[nH]ncc2c1)c1ccc(F)cc1Cl. The molecular formula is C27H20ClFN4O2. The fraction of sp³-hybridized carbons (Fsp3) is 0.0741. The van der Waals surface area contributed by atoms with Gasteiger partial charge in [-0.1, -0.05) is 66.2 Å². The lowest BCUT2D eigenvalue weighted by Crippen LogP contribution is -1.96. The summed E-state index contributed by atoms with van der Waals surface area (Å²) in [5.74, 6) is -0.636. The van der Waals surface area contributed by atoms with Gasteiger partial charge in [-0.2, -0.15) is 5.10 Å². The van der Waals surface area contributed by atoms with E-state index in [4.69, 9.17) is 11.6 Å². The Morgan fingerprint density at radius 2 is 1.86 bits per heavy atom. The van der Waals surface area contributed by atoms with Gasteiger partial charge in [0.2, 0.25) is 0 Å². The molecule has 0 radical (unpaired) electrons. The highest BCUT2D eigenvalue weighted by atomic mass is 35.5. The van der Waals surface area contributed by atoms with E-state index in [1.165, 1.54) is 12.1 Å². The normalized spacial score (nSPS) is 12.4. The van der Waals surface area contributed by atoms with Gasteiger partial charge in [-0.25, -0.2) is 9.18 Å². The van der Waals surface area contributed by atoms with Gasteiger partial charge in [-0.3, -0.25) is 14.6 Å². The van der Waals surface area contributed by atoms with Crippen LogP contribution in [-0.4, -0.2) is 20.3 Å². The minimum absolute atomic E-state index is 0.340. The van der Waals surface area contributed by atoms with Crippen molar-refractivity contribution in [1.29, 1.82) is 0 Å². The summed E-state index contributed by atoms with van der Waals surface area (Å²) >= 11 is 6.49. The topological polar surface area (TPSA) is 87.6 Å². The summed E-state index contributed by atoms with van der Waals surface area (Å²) in [4.78, 5) is 13.6. The van der Waals surface area contributed by atoms with Gasteiger partial charge in [0.1, 0.15) is 5.82 Å². The van der Waals surface area contributed by atoms with Crippen molar-refractivity contribution >= 4 is 45.8 Å². The van der Waals surface area contributed by atoms with Crippen LogP contribution >= 0.6 is 11.6 Å². The van der Waals surface area contributed by atoms with Gasteiger partial charge in [0, 0.05) is 5.39 Å². The third-order valence-corrected chi connectivity index (χ3v) is 6.04. The first kappa shape index (κ1) is 22.6. The average molecular weight is 487 g/mol. The average Bonchev–Trinajstić information content (AvgIpc) is 3.50. The zero-order chi connectivity index (χ0) is 24.4. The highest BCUT2D eigenvalue weighted by molar-refractivity contribution is 6.32. The second-order valence-electron chi connectivity index (χ2n) is 7.94. The van der Waals surface area contributed by atoms with Crippen LogP contribution in [0.2, 0.25) is 5.02 Å². The Balaban J connectivity index is 1.63. The van der Waals surface area contributed by atoms with Gasteiger partial charge in [0.25, 0.3) is 0 Å². The van der Waals surface area contributed by atoms with Crippen molar-refractivity contribution in [2.75, 3.05) is 0 Å². The van der Waals surface area contributed by atoms with Gasteiger partial charge < -0.3 is 0 Å². The quantitative estimate of drug-likeness (QED) is 0.266. The van der Waals surface area contributed by atoms with E-state index in [-0.39, 0.29) is 5.82 Å². The molecule has 0 saturated heterocycles. The molecule has 0 aliphatic heterocycles. The molecule has 0 atom stereocenters. The second kappa shape index (κ2) is 9.56. The Labute approximate surface area is 204 Å². The van der Waals surface area contributed by atoms with E-state index in [2.05, 4.69) is 37.9 Å². The molecule has 0 spiro atoms. The molecular weight excluding hydrogens is 467 g/mol. The first-order valence-corrected chi connectivity index (χ1v) is 11.4. The number of aromatic nitrogens is 4. The molecule has 0 aliphatic rings. The molecule has 2 N–H and O–H groups in total. The third-order valence-electron chi connectivity index (χ3n) is 5.73. The number of fused-ring (bicyclic) bond motifs is 1. The highest BCUT2D eigenvalue weighted by Gasteiger charge is 2.16. The Morgan fingerprint density at radius 1 is 1.06 bits per heavy atom. The van der Waals surface area contributed by atoms with Crippen LogP contribution in [0.3, 0.4) is 0 Å². The third kappa shape index (κ3) is 4.72. The maximum absolute atomic E-state index is 13.8. The fourth-order valence-corrected chi connectivity index (χ4v) is 4.38. The number of nitrogens with zero attached hydrogens (tertiary/aromatic N) is 2. The van der Waals surface area contributed by atoms with Crippen LogP contribution < -0.4 is 5.76 Å².